The summed E-state index contributed by atoms with van der Waals surface area (Å²) in [6.07, 6.45) is 1.17. The van der Waals surface area contributed by atoms with E-state index in [-0.39, 0.29) is 32.3 Å². The number of aliphatic carboxylic acids is 3. The van der Waals surface area contributed by atoms with Crippen LogP contribution in [0.4, 0.5) is 0 Å². The molecule has 0 saturated heterocycles. The number of hydrogen-bond acceptors (Lipinski definition) is 6. The Hall–Kier alpha value is -2.16. The van der Waals surface area contributed by atoms with Gasteiger partial charge in [0.2, 0.25) is 0 Å². The van der Waals surface area contributed by atoms with Gasteiger partial charge in [-0.15, -0.1) is 0 Å². The van der Waals surface area contributed by atoms with Crippen molar-refractivity contribution in [2.75, 3.05) is 6.61 Å². The minimum atomic E-state index is -3.18. The van der Waals surface area contributed by atoms with E-state index in [2.05, 4.69) is 0 Å². The molecule has 4 N–H and O–H groups in total. The van der Waals surface area contributed by atoms with Crippen molar-refractivity contribution in [1.82, 2.24) is 0 Å². The molecule has 3 unspecified atom stereocenters. The van der Waals surface area contributed by atoms with E-state index < -0.39 is 47.2 Å². The normalized spacial score (nSPS) is 16.3. The van der Waals surface area contributed by atoms with Crippen LogP contribution in [0.25, 0.3) is 0 Å². The topological polar surface area (TPSA) is 158 Å². The molecule has 0 radical (unpaired) electrons. The number of rotatable bonds is 16. The van der Waals surface area contributed by atoms with E-state index in [4.69, 9.17) is 4.74 Å². The minimum absolute atomic E-state index is 0.0303. The van der Waals surface area contributed by atoms with Gasteiger partial charge in [0, 0.05) is 0 Å². The van der Waals surface area contributed by atoms with E-state index in [9.17, 15) is 39.6 Å². The van der Waals surface area contributed by atoms with Crippen LogP contribution in [-0.2, 0) is 23.9 Å². The first kappa shape index (κ1) is 26.8. The van der Waals surface area contributed by atoms with Gasteiger partial charge in [0.05, 0.1) is 18.9 Å². The van der Waals surface area contributed by atoms with Crippen LogP contribution in [0.3, 0.4) is 0 Å². The summed E-state index contributed by atoms with van der Waals surface area (Å²) in [5.74, 6) is -8.19. The van der Waals surface area contributed by atoms with Crippen molar-refractivity contribution in [2.45, 2.75) is 84.2 Å². The summed E-state index contributed by atoms with van der Waals surface area (Å²) in [6, 6.07) is 0. The molecule has 0 aromatic carbocycles. The first-order chi connectivity index (χ1) is 13.5. The largest absolute Gasteiger partial charge is 0.481 e. The SMILES string of the molecule is CCCCOC(=O)CC(CCCC)(C(=O)O)C(O)(C(=O)O)C(CCCC)C(=O)O. The maximum atomic E-state index is 12.3. The lowest BCUT2D eigenvalue weighted by Crippen LogP contribution is -2.64. The van der Waals surface area contributed by atoms with Gasteiger partial charge in [-0.1, -0.05) is 52.9 Å². The molecule has 29 heavy (non-hydrogen) atoms. The zero-order valence-electron chi connectivity index (χ0n) is 17.5. The summed E-state index contributed by atoms with van der Waals surface area (Å²) in [6.45, 7) is 5.39. The minimum Gasteiger partial charge on any atom is -0.481 e. The molecule has 0 bridgehead atoms. The highest BCUT2D eigenvalue weighted by atomic mass is 16.5. The lowest BCUT2D eigenvalue weighted by Gasteiger charge is -2.44. The van der Waals surface area contributed by atoms with Gasteiger partial charge in [-0.05, 0) is 19.3 Å². The quantitative estimate of drug-likeness (QED) is 0.218. The van der Waals surface area contributed by atoms with Gasteiger partial charge < -0.3 is 25.2 Å². The van der Waals surface area contributed by atoms with Gasteiger partial charge >= 0.3 is 23.9 Å². The standard InChI is InChI=1S/C20H34O9/c1-4-7-10-14(16(22)23)20(28,18(26)27)19(17(24)25,11-8-5-2)13-15(21)29-12-9-6-3/h14,28H,4-13H2,1-3H3,(H,22,23)(H,24,25)(H,26,27). The predicted molar refractivity (Wildman–Crippen MR) is 103 cm³/mol. The molecule has 0 rings (SSSR count). The number of aliphatic hydroxyl groups is 1. The molecular weight excluding hydrogens is 384 g/mol. The maximum absolute atomic E-state index is 12.3. The molecule has 0 heterocycles. The molecule has 0 aliphatic heterocycles. The summed E-state index contributed by atoms with van der Waals surface area (Å²) in [4.78, 5) is 48.7. The molecule has 168 valence electrons. The van der Waals surface area contributed by atoms with Gasteiger partial charge in [-0.2, -0.15) is 0 Å². The van der Waals surface area contributed by atoms with Gasteiger partial charge in [0.15, 0.2) is 5.60 Å². The van der Waals surface area contributed by atoms with Gasteiger partial charge in [0.25, 0.3) is 0 Å². The Kier molecular flexibility index (Phi) is 11.5. The smallest absolute Gasteiger partial charge is 0.337 e. The van der Waals surface area contributed by atoms with E-state index in [1.54, 1.807) is 13.8 Å². The van der Waals surface area contributed by atoms with E-state index >= 15 is 0 Å². The average molecular weight is 418 g/mol. The van der Waals surface area contributed by atoms with Crippen molar-refractivity contribution in [3.8, 4) is 0 Å². The lowest BCUT2D eigenvalue weighted by molar-refractivity contribution is -0.209. The van der Waals surface area contributed by atoms with Crippen LogP contribution in [0.15, 0.2) is 0 Å². The number of carbonyl (C=O) groups is 4. The summed E-state index contributed by atoms with van der Waals surface area (Å²) >= 11 is 0. The number of hydrogen-bond donors (Lipinski definition) is 4. The van der Waals surface area contributed by atoms with Crippen molar-refractivity contribution < 1.29 is 44.3 Å². The molecule has 0 amide bonds. The highest BCUT2D eigenvalue weighted by Gasteiger charge is 2.66. The molecule has 9 nitrogen and oxygen atoms in total. The van der Waals surface area contributed by atoms with Crippen LogP contribution in [-0.4, -0.2) is 56.5 Å². The number of carbonyl (C=O) groups excluding carboxylic acids is 1. The van der Waals surface area contributed by atoms with Crippen molar-refractivity contribution in [3.63, 3.8) is 0 Å². The lowest BCUT2D eigenvalue weighted by atomic mass is 9.60. The number of ether oxygens (including phenoxy) is 1. The summed E-state index contributed by atoms with van der Waals surface area (Å²) in [7, 11) is 0. The summed E-state index contributed by atoms with van der Waals surface area (Å²) < 4.78 is 5.01. The Labute approximate surface area is 171 Å². The fourth-order valence-electron chi connectivity index (χ4n) is 3.47. The first-order valence-electron chi connectivity index (χ1n) is 10.1. The van der Waals surface area contributed by atoms with Crippen LogP contribution < -0.4 is 0 Å². The third kappa shape index (κ3) is 6.42. The van der Waals surface area contributed by atoms with E-state index in [1.165, 1.54) is 0 Å². The fraction of sp³-hybridized carbons (Fsp3) is 0.800. The Morgan fingerprint density at radius 3 is 1.83 bits per heavy atom. The molecule has 9 heteroatoms. The molecule has 3 atom stereocenters. The van der Waals surface area contributed by atoms with Crippen LogP contribution in [0, 0.1) is 11.3 Å². The second-order valence-corrected chi connectivity index (χ2v) is 7.35. The van der Waals surface area contributed by atoms with Crippen molar-refractivity contribution in [2.24, 2.45) is 11.3 Å². The number of carboxylic acid groups (broad SMARTS) is 3. The molecule has 0 saturated carbocycles. The van der Waals surface area contributed by atoms with E-state index in [0.29, 0.717) is 19.3 Å². The van der Waals surface area contributed by atoms with Gasteiger partial charge in [0.1, 0.15) is 5.41 Å². The Morgan fingerprint density at radius 2 is 1.41 bits per heavy atom. The average Bonchev–Trinajstić information content (AvgIpc) is 2.64. The molecule has 0 aliphatic carbocycles. The molecule has 0 spiro atoms. The Bertz CT molecular complexity index is 574. The van der Waals surface area contributed by atoms with Crippen molar-refractivity contribution in [1.29, 1.82) is 0 Å². The zero-order valence-corrected chi connectivity index (χ0v) is 17.5. The maximum Gasteiger partial charge on any atom is 0.337 e. The Morgan fingerprint density at radius 1 is 0.862 bits per heavy atom. The highest BCUT2D eigenvalue weighted by Crippen LogP contribution is 2.47. The van der Waals surface area contributed by atoms with Crippen LogP contribution in [0.1, 0.15) is 78.6 Å². The van der Waals surface area contributed by atoms with Crippen molar-refractivity contribution in [3.05, 3.63) is 0 Å². The summed E-state index contributed by atoms with van der Waals surface area (Å²) in [5, 5.41) is 40.7. The molecule has 0 aliphatic rings. The molecule has 0 fully saturated rings. The molecular formula is C20H34O9. The number of unbranched alkanes of at least 4 members (excludes halogenated alkanes) is 3. The molecule has 0 aromatic rings. The first-order valence-corrected chi connectivity index (χ1v) is 10.1. The summed E-state index contributed by atoms with van der Waals surface area (Å²) in [5.41, 5.74) is -5.71. The van der Waals surface area contributed by atoms with E-state index in [0.717, 1.165) is 6.42 Å². The predicted octanol–water partition coefficient (Wildman–Crippen LogP) is 2.69. The van der Waals surface area contributed by atoms with Crippen LogP contribution >= 0.6 is 0 Å². The second kappa shape index (κ2) is 12.4. The highest BCUT2D eigenvalue weighted by molar-refractivity contribution is 5.95. The monoisotopic (exact) mass is 418 g/mol. The van der Waals surface area contributed by atoms with Crippen LogP contribution in [0.5, 0.6) is 0 Å². The third-order valence-corrected chi connectivity index (χ3v) is 5.28. The molecule has 0 aromatic heterocycles. The van der Waals surface area contributed by atoms with Crippen LogP contribution in [0.2, 0.25) is 0 Å². The van der Waals surface area contributed by atoms with Gasteiger partial charge in [-0.3, -0.25) is 14.4 Å². The van der Waals surface area contributed by atoms with Crippen molar-refractivity contribution >= 4 is 23.9 Å². The fourth-order valence-corrected chi connectivity index (χ4v) is 3.47. The zero-order chi connectivity index (χ0) is 22.7. The Balaban J connectivity index is 6.41. The third-order valence-electron chi connectivity index (χ3n) is 5.28. The number of esters is 1. The van der Waals surface area contributed by atoms with Gasteiger partial charge in [-0.25, -0.2) is 4.79 Å². The van der Waals surface area contributed by atoms with E-state index in [1.807, 2.05) is 6.92 Å². The second-order valence-electron chi connectivity index (χ2n) is 7.35. The number of carboxylic acids is 3.